The van der Waals surface area contributed by atoms with E-state index in [2.05, 4.69) is 86.6 Å². The van der Waals surface area contributed by atoms with Crippen molar-refractivity contribution in [3.05, 3.63) is 72.8 Å². The Kier molecular flexibility index (Phi) is 3.87. The Labute approximate surface area is 126 Å². The molecule has 4 rings (SSSR count). The van der Waals surface area contributed by atoms with Gasteiger partial charge in [0.1, 0.15) is 0 Å². The topological polar surface area (TPSA) is 0 Å². The quantitative estimate of drug-likeness (QED) is 0.318. The maximum Gasteiger partial charge on any atom is -0.00990 e. The van der Waals surface area contributed by atoms with Crippen molar-refractivity contribution in [1.82, 2.24) is 0 Å². The molecule has 0 aliphatic rings. The van der Waals surface area contributed by atoms with Gasteiger partial charge in [0.05, 0.1) is 0 Å². The van der Waals surface area contributed by atoms with E-state index in [0.29, 0.717) is 0 Å². The van der Waals surface area contributed by atoms with Crippen LogP contribution in [0.1, 0.15) is 20.3 Å². The molecule has 0 aliphatic carbocycles. The van der Waals surface area contributed by atoms with Crippen LogP contribution in [0.5, 0.6) is 0 Å². The largest absolute Gasteiger partial charge is 0.0656 e. The maximum absolute atomic E-state index is 2.21. The molecule has 0 atom stereocenters. The third-order valence-electron chi connectivity index (χ3n) is 3.65. The number of fused-ring (bicyclic) bond motifs is 6. The Morgan fingerprint density at radius 1 is 0.429 bits per heavy atom. The van der Waals surface area contributed by atoms with Crippen LogP contribution in [0.25, 0.3) is 32.3 Å². The lowest BCUT2D eigenvalue weighted by Gasteiger charge is -2.09. The summed E-state index contributed by atoms with van der Waals surface area (Å²) in [6, 6.07) is 26.0. The van der Waals surface area contributed by atoms with Gasteiger partial charge in [0.15, 0.2) is 0 Å². The van der Waals surface area contributed by atoms with Crippen molar-refractivity contribution in [2.45, 2.75) is 20.3 Å². The number of hydrogen-bond acceptors (Lipinski definition) is 0. The second-order valence-electron chi connectivity index (χ2n) is 5.34. The van der Waals surface area contributed by atoms with E-state index in [9.17, 15) is 0 Å². The second-order valence-corrected chi connectivity index (χ2v) is 5.34. The van der Waals surface area contributed by atoms with E-state index < -0.39 is 0 Å². The van der Waals surface area contributed by atoms with Crippen molar-refractivity contribution in [2.24, 2.45) is 0 Å². The van der Waals surface area contributed by atoms with Gasteiger partial charge in [0.25, 0.3) is 0 Å². The minimum absolute atomic E-state index is 1.25. The van der Waals surface area contributed by atoms with Gasteiger partial charge in [-0.3, -0.25) is 0 Å². The van der Waals surface area contributed by atoms with Gasteiger partial charge in [-0.25, -0.2) is 0 Å². The summed E-state index contributed by atoms with van der Waals surface area (Å²) in [5.74, 6) is 0. The molecule has 0 saturated heterocycles. The van der Waals surface area contributed by atoms with Crippen molar-refractivity contribution in [3.63, 3.8) is 0 Å². The summed E-state index contributed by atoms with van der Waals surface area (Å²) < 4.78 is 0. The summed E-state index contributed by atoms with van der Waals surface area (Å²) in [6.45, 7) is 4.25. The summed E-state index contributed by atoms with van der Waals surface area (Å²) in [6.07, 6.45) is 1.25. The number of benzene rings is 4. The SMILES string of the molecule is CCC.c1ccc2c(c1)c1ccccc1c1ccccc21. The smallest absolute Gasteiger partial charge is 0.00990 e. The summed E-state index contributed by atoms with van der Waals surface area (Å²) in [7, 11) is 0. The highest BCUT2D eigenvalue weighted by Crippen LogP contribution is 2.34. The Bertz CT molecular complexity index is 667. The fourth-order valence-electron chi connectivity index (χ4n) is 2.86. The monoisotopic (exact) mass is 272 g/mol. The summed E-state index contributed by atoms with van der Waals surface area (Å²) >= 11 is 0. The Morgan fingerprint density at radius 3 is 0.714 bits per heavy atom. The first-order chi connectivity index (χ1) is 10.4. The highest BCUT2D eigenvalue weighted by atomic mass is 14.1. The molecule has 0 spiro atoms. The van der Waals surface area contributed by atoms with Gasteiger partial charge in [-0.1, -0.05) is 93.1 Å². The summed E-state index contributed by atoms with van der Waals surface area (Å²) in [5, 5.41) is 8.04. The lowest BCUT2D eigenvalue weighted by molar-refractivity contribution is 1.09. The third kappa shape index (κ3) is 2.38. The van der Waals surface area contributed by atoms with E-state index in [0.717, 1.165) is 0 Å². The molecule has 0 aromatic heterocycles. The van der Waals surface area contributed by atoms with Gasteiger partial charge in [0.2, 0.25) is 0 Å². The molecule has 0 amide bonds. The molecule has 4 aromatic rings. The van der Waals surface area contributed by atoms with Gasteiger partial charge in [-0.05, 0) is 32.3 Å². The predicted molar refractivity (Wildman–Crippen MR) is 94.9 cm³/mol. The molecule has 0 nitrogen and oxygen atoms in total. The van der Waals surface area contributed by atoms with Crippen LogP contribution in [0.4, 0.5) is 0 Å². The van der Waals surface area contributed by atoms with Crippen molar-refractivity contribution < 1.29 is 0 Å². The first-order valence-electron chi connectivity index (χ1n) is 7.65. The minimum atomic E-state index is 1.25. The number of hydrogen-bond donors (Lipinski definition) is 0. The van der Waals surface area contributed by atoms with Crippen LogP contribution in [-0.4, -0.2) is 0 Å². The van der Waals surface area contributed by atoms with Crippen LogP contribution in [0.15, 0.2) is 72.8 Å². The molecule has 0 saturated carbocycles. The fraction of sp³-hybridized carbons (Fsp3) is 0.143. The Hall–Kier alpha value is -2.34. The highest BCUT2D eigenvalue weighted by molar-refractivity contribution is 6.25. The van der Waals surface area contributed by atoms with Crippen molar-refractivity contribution in [1.29, 1.82) is 0 Å². The molecule has 0 N–H and O–H groups in total. The maximum atomic E-state index is 2.21. The van der Waals surface area contributed by atoms with Gasteiger partial charge in [-0.2, -0.15) is 0 Å². The lowest BCUT2D eigenvalue weighted by Crippen LogP contribution is -1.81. The van der Waals surface area contributed by atoms with Crippen LogP contribution in [0.3, 0.4) is 0 Å². The fourth-order valence-corrected chi connectivity index (χ4v) is 2.86. The van der Waals surface area contributed by atoms with E-state index in [-0.39, 0.29) is 0 Å². The predicted octanol–water partition coefficient (Wildman–Crippen LogP) is 6.56. The Balaban J connectivity index is 0.000000409. The number of rotatable bonds is 0. The van der Waals surface area contributed by atoms with E-state index in [1.165, 1.54) is 38.7 Å². The van der Waals surface area contributed by atoms with E-state index in [1.54, 1.807) is 0 Å². The first-order valence-corrected chi connectivity index (χ1v) is 7.65. The molecule has 4 aromatic carbocycles. The van der Waals surface area contributed by atoms with Crippen molar-refractivity contribution >= 4 is 32.3 Å². The molecule has 0 heteroatoms. The average molecular weight is 272 g/mol. The normalized spacial score (nSPS) is 10.6. The summed E-state index contributed by atoms with van der Waals surface area (Å²) in [4.78, 5) is 0. The van der Waals surface area contributed by atoms with Crippen LogP contribution < -0.4 is 0 Å². The van der Waals surface area contributed by atoms with Crippen LogP contribution in [-0.2, 0) is 0 Å². The molecular formula is C21H20. The molecule has 21 heavy (non-hydrogen) atoms. The second kappa shape index (κ2) is 5.97. The molecule has 0 aliphatic heterocycles. The minimum Gasteiger partial charge on any atom is -0.0656 e. The summed E-state index contributed by atoms with van der Waals surface area (Å²) in [5.41, 5.74) is 0. The van der Waals surface area contributed by atoms with Crippen molar-refractivity contribution in [3.8, 4) is 0 Å². The zero-order valence-corrected chi connectivity index (χ0v) is 12.6. The standard InChI is InChI=1S/C18H12.C3H8/c1-2-8-14-13(7-1)15-9-3-4-11-17(15)18-12-6-5-10-16(14)18;1-3-2/h1-12H;3H2,1-2H3. The highest BCUT2D eigenvalue weighted by Gasteiger charge is 2.06. The van der Waals surface area contributed by atoms with E-state index in [4.69, 9.17) is 0 Å². The van der Waals surface area contributed by atoms with Gasteiger partial charge in [-0.15, -0.1) is 0 Å². The average Bonchev–Trinajstić information content (AvgIpc) is 2.56. The van der Waals surface area contributed by atoms with Gasteiger partial charge in [0, 0.05) is 0 Å². The van der Waals surface area contributed by atoms with E-state index >= 15 is 0 Å². The van der Waals surface area contributed by atoms with E-state index in [1.807, 2.05) is 0 Å². The van der Waals surface area contributed by atoms with Crippen molar-refractivity contribution in [2.75, 3.05) is 0 Å². The first kappa shape index (κ1) is 13.6. The zero-order valence-electron chi connectivity index (χ0n) is 12.6. The molecule has 0 radical (unpaired) electrons. The third-order valence-corrected chi connectivity index (χ3v) is 3.65. The van der Waals surface area contributed by atoms with Gasteiger partial charge >= 0.3 is 0 Å². The Morgan fingerprint density at radius 2 is 0.571 bits per heavy atom. The zero-order chi connectivity index (χ0) is 14.7. The molecule has 104 valence electrons. The lowest BCUT2D eigenvalue weighted by atomic mass is 9.95. The molecule has 0 bridgehead atoms. The van der Waals surface area contributed by atoms with Gasteiger partial charge < -0.3 is 0 Å². The molecule has 0 fully saturated rings. The van der Waals surface area contributed by atoms with Crippen LogP contribution in [0, 0.1) is 0 Å². The molecular weight excluding hydrogens is 252 g/mol. The van der Waals surface area contributed by atoms with Crippen LogP contribution in [0.2, 0.25) is 0 Å². The van der Waals surface area contributed by atoms with Crippen LogP contribution >= 0.6 is 0 Å². The molecule has 0 heterocycles. The molecule has 0 unspecified atom stereocenters.